The van der Waals surface area contributed by atoms with Crippen molar-refractivity contribution in [3.63, 3.8) is 0 Å². The molecule has 1 N–H and O–H groups in total. The molecule has 1 aliphatic rings. The number of hydrogen-bond donors (Lipinski definition) is 1. The lowest BCUT2D eigenvalue weighted by Gasteiger charge is -2.17. The molecule has 4 nitrogen and oxygen atoms in total. The molecule has 0 amide bonds. The topological polar surface area (TPSA) is 47.3 Å². The number of nitrogens with zero attached hydrogens (tertiary/aromatic N) is 2. The second-order valence-electron chi connectivity index (χ2n) is 5.42. The van der Waals surface area contributed by atoms with Gasteiger partial charge in [0.2, 0.25) is 0 Å². The zero-order chi connectivity index (χ0) is 14.4. The molecule has 2 unspecified atom stereocenters. The van der Waals surface area contributed by atoms with Crippen LogP contribution in [-0.4, -0.2) is 21.8 Å². The maximum Gasteiger partial charge on any atom is 0.119 e. The fourth-order valence-electron chi connectivity index (χ4n) is 3.20. The van der Waals surface area contributed by atoms with Crippen LogP contribution in [0.3, 0.4) is 0 Å². The van der Waals surface area contributed by atoms with Crippen molar-refractivity contribution in [1.29, 1.82) is 0 Å². The molecule has 106 valence electrons. The summed E-state index contributed by atoms with van der Waals surface area (Å²) in [5, 5.41) is 10.7. The minimum atomic E-state index is -0.535. The first kappa shape index (κ1) is 12.4. The Hall–Kier alpha value is -2.33. The van der Waals surface area contributed by atoms with Gasteiger partial charge in [-0.3, -0.25) is 0 Å². The minimum Gasteiger partial charge on any atom is -0.497 e. The van der Waals surface area contributed by atoms with Gasteiger partial charge in [-0.25, -0.2) is 4.98 Å². The molecule has 0 bridgehead atoms. The summed E-state index contributed by atoms with van der Waals surface area (Å²) in [6.45, 7) is 0. The van der Waals surface area contributed by atoms with E-state index in [0.29, 0.717) is 0 Å². The molecule has 4 heteroatoms. The number of aliphatic hydroxyl groups excluding tert-OH is 1. The quantitative estimate of drug-likeness (QED) is 0.785. The third-order valence-electron chi connectivity index (χ3n) is 4.30. The number of benzene rings is 2. The molecule has 2 atom stereocenters. The number of aliphatic hydroxyl groups is 1. The van der Waals surface area contributed by atoms with Crippen LogP contribution in [0.4, 0.5) is 0 Å². The zero-order valence-corrected chi connectivity index (χ0v) is 11.7. The van der Waals surface area contributed by atoms with E-state index in [1.807, 2.05) is 48.8 Å². The number of methoxy groups -OCH3 is 1. The first-order chi connectivity index (χ1) is 10.3. The summed E-state index contributed by atoms with van der Waals surface area (Å²) >= 11 is 0. The van der Waals surface area contributed by atoms with E-state index in [-0.39, 0.29) is 6.04 Å². The molecule has 2 aromatic carbocycles. The van der Waals surface area contributed by atoms with Crippen LogP contribution in [0.25, 0.3) is 11.0 Å². The third kappa shape index (κ3) is 1.83. The van der Waals surface area contributed by atoms with Crippen LogP contribution in [0.5, 0.6) is 5.75 Å². The fourth-order valence-corrected chi connectivity index (χ4v) is 3.20. The lowest BCUT2D eigenvalue weighted by Crippen LogP contribution is -2.13. The summed E-state index contributed by atoms with van der Waals surface area (Å²) in [6, 6.07) is 13.9. The van der Waals surface area contributed by atoms with Gasteiger partial charge in [0, 0.05) is 0 Å². The zero-order valence-electron chi connectivity index (χ0n) is 11.7. The molecule has 0 aliphatic heterocycles. The first-order valence-electron chi connectivity index (χ1n) is 7.04. The van der Waals surface area contributed by atoms with Gasteiger partial charge in [-0.1, -0.05) is 18.2 Å². The van der Waals surface area contributed by atoms with Gasteiger partial charge in [0.05, 0.1) is 30.5 Å². The van der Waals surface area contributed by atoms with Gasteiger partial charge < -0.3 is 14.4 Å². The summed E-state index contributed by atoms with van der Waals surface area (Å²) in [5.74, 6) is 0.781. The highest BCUT2D eigenvalue weighted by atomic mass is 16.5. The molecule has 0 spiro atoms. The highest BCUT2D eigenvalue weighted by Crippen LogP contribution is 2.41. The Labute approximate surface area is 122 Å². The Balaban J connectivity index is 1.78. The van der Waals surface area contributed by atoms with Crippen LogP contribution in [0.2, 0.25) is 0 Å². The first-order valence-corrected chi connectivity index (χ1v) is 7.04. The minimum absolute atomic E-state index is 0.0143. The Morgan fingerprint density at radius 3 is 2.95 bits per heavy atom. The Morgan fingerprint density at radius 1 is 1.24 bits per heavy atom. The normalized spacial score (nSPS) is 20.7. The van der Waals surface area contributed by atoms with E-state index in [1.54, 1.807) is 7.11 Å². The van der Waals surface area contributed by atoms with Gasteiger partial charge in [-0.05, 0) is 41.8 Å². The average molecular weight is 280 g/mol. The number of para-hydroxylation sites is 2. The van der Waals surface area contributed by atoms with Gasteiger partial charge in [0.25, 0.3) is 0 Å². The number of hydrogen-bond acceptors (Lipinski definition) is 3. The van der Waals surface area contributed by atoms with Crippen molar-refractivity contribution >= 4 is 11.0 Å². The Kier molecular flexibility index (Phi) is 2.72. The van der Waals surface area contributed by atoms with E-state index in [1.165, 1.54) is 5.56 Å². The maximum atomic E-state index is 10.7. The lowest BCUT2D eigenvalue weighted by atomic mass is 10.1. The molecule has 1 aromatic heterocycles. The van der Waals surface area contributed by atoms with Gasteiger partial charge in [0.15, 0.2) is 0 Å². The molecular formula is C17H16N2O2. The molecule has 0 radical (unpaired) electrons. The predicted molar refractivity (Wildman–Crippen MR) is 80.4 cm³/mol. The van der Waals surface area contributed by atoms with Crippen LogP contribution >= 0.6 is 0 Å². The average Bonchev–Trinajstić information content (AvgIpc) is 3.08. The maximum absolute atomic E-state index is 10.7. The second kappa shape index (κ2) is 4.60. The van der Waals surface area contributed by atoms with E-state index >= 15 is 0 Å². The van der Waals surface area contributed by atoms with Gasteiger partial charge >= 0.3 is 0 Å². The molecular weight excluding hydrogens is 264 g/mol. The monoisotopic (exact) mass is 280 g/mol. The summed E-state index contributed by atoms with van der Waals surface area (Å²) in [4.78, 5) is 4.42. The fraction of sp³-hybridized carbons (Fsp3) is 0.235. The highest BCUT2D eigenvalue weighted by molar-refractivity contribution is 5.75. The molecule has 21 heavy (non-hydrogen) atoms. The molecule has 1 aliphatic carbocycles. The van der Waals surface area contributed by atoms with Crippen molar-refractivity contribution < 1.29 is 9.84 Å². The number of fused-ring (bicyclic) bond motifs is 2. The number of aromatic nitrogens is 2. The lowest BCUT2D eigenvalue weighted by molar-refractivity contribution is 0.129. The van der Waals surface area contributed by atoms with Crippen molar-refractivity contribution in [2.45, 2.75) is 18.6 Å². The van der Waals surface area contributed by atoms with Crippen LogP contribution in [0.15, 0.2) is 48.8 Å². The summed E-state index contributed by atoms with van der Waals surface area (Å²) in [6.07, 6.45) is 2.09. The van der Waals surface area contributed by atoms with Crippen molar-refractivity contribution in [2.75, 3.05) is 7.11 Å². The van der Waals surface area contributed by atoms with Crippen LogP contribution in [0, 0.1) is 0 Å². The van der Waals surface area contributed by atoms with Crippen LogP contribution in [0.1, 0.15) is 23.3 Å². The number of ether oxygens (including phenoxy) is 1. The largest absolute Gasteiger partial charge is 0.497 e. The summed E-state index contributed by atoms with van der Waals surface area (Å²) in [5.41, 5.74) is 4.14. The number of rotatable bonds is 2. The smallest absolute Gasteiger partial charge is 0.119 e. The molecule has 0 saturated carbocycles. The SMILES string of the molecule is COc1ccc2c(c1)C(O)C(n1cnc3ccccc31)C2. The van der Waals surface area contributed by atoms with Crippen LogP contribution < -0.4 is 4.74 Å². The Bertz CT molecular complexity index is 809. The summed E-state index contributed by atoms with van der Waals surface area (Å²) < 4.78 is 7.33. The van der Waals surface area contributed by atoms with Gasteiger partial charge in [-0.15, -0.1) is 0 Å². The predicted octanol–water partition coefficient (Wildman–Crippen LogP) is 2.88. The summed E-state index contributed by atoms with van der Waals surface area (Å²) in [7, 11) is 1.64. The van der Waals surface area contributed by atoms with E-state index < -0.39 is 6.10 Å². The molecule has 3 aromatic rings. The van der Waals surface area contributed by atoms with Gasteiger partial charge in [0.1, 0.15) is 11.9 Å². The van der Waals surface area contributed by atoms with Crippen molar-refractivity contribution in [1.82, 2.24) is 9.55 Å². The second-order valence-corrected chi connectivity index (χ2v) is 5.42. The van der Waals surface area contributed by atoms with E-state index in [9.17, 15) is 5.11 Å². The Morgan fingerprint density at radius 2 is 2.10 bits per heavy atom. The van der Waals surface area contributed by atoms with Crippen LogP contribution in [-0.2, 0) is 6.42 Å². The van der Waals surface area contributed by atoms with Crippen molar-refractivity contribution in [3.8, 4) is 5.75 Å². The van der Waals surface area contributed by atoms with Gasteiger partial charge in [-0.2, -0.15) is 0 Å². The third-order valence-corrected chi connectivity index (χ3v) is 4.30. The van der Waals surface area contributed by atoms with E-state index in [4.69, 9.17) is 4.74 Å². The molecule has 0 saturated heterocycles. The van der Waals surface area contributed by atoms with Crippen molar-refractivity contribution in [2.24, 2.45) is 0 Å². The molecule has 4 rings (SSSR count). The molecule has 1 heterocycles. The standard InChI is InChI=1S/C17H16N2O2/c1-21-12-7-6-11-8-16(17(20)13(11)9-12)19-10-18-14-4-2-3-5-15(14)19/h2-7,9-10,16-17,20H,8H2,1H3. The van der Waals surface area contributed by atoms with Crippen molar-refractivity contribution in [3.05, 3.63) is 59.9 Å². The highest BCUT2D eigenvalue weighted by Gasteiger charge is 2.33. The van der Waals surface area contributed by atoms with E-state index in [0.717, 1.165) is 28.8 Å². The number of imidazole rings is 1. The van der Waals surface area contributed by atoms with E-state index in [2.05, 4.69) is 9.55 Å². The molecule has 0 fully saturated rings.